The van der Waals surface area contributed by atoms with Gasteiger partial charge in [-0.2, -0.15) is 0 Å². The van der Waals surface area contributed by atoms with Gasteiger partial charge in [0.25, 0.3) is 0 Å². The van der Waals surface area contributed by atoms with Gasteiger partial charge in [-0.3, -0.25) is 4.79 Å². The lowest BCUT2D eigenvalue weighted by Crippen LogP contribution is -2.30. The van der Waals surface area contributed by atoms with Crippen LogP contribution in [0.4, 0.5) is 0 Å². The largest absolute Gasteiger partial charge is 0.494 e. The average Bonchev–Trinajstić information content (AvgIpc) is 2.48. The van der Waals surface area contributed by atoms with Gasteiger partial charge in [0.1, 0.15) is 5.75 Å². The van der Waals surface area contributed by atoms with Gasteiger partial charge in [0, 0.05) is 32.7 Å². The molecule has 0 fully saturated rings. The van der Waals surface area contributed by atoms with Gasteiger partial charge in [-0.15, -0.1) is 0 Å². The van der Waals surface area contributed by atoms with Crippen LogP contribution in [0.25, 0.3) is 0 Å². The molecule has 0 aliphatic rings. The number of nitrogens with one attached hydrogen (secondary N) is 2. The third-order valence-corrected chi connectivity index (χ3v) is 3.12. The van der Waals surface area contributed by atoms with Crippen LogP contribution in [0.5, 0.6) is 5.75 Å². The van der Waals surface area contributed by atoms with Crippen molar-refractivity contribution in [3.8, 4) is 5.75 Å². The van der Waals surface area contributed by atoms with Crippen molar-refractivity contribution in [1.29, 1.82) is 0 Å². The summed E-state index contributed by atoms with van der Waals surface area (Å²) < 4.78 is 10.3. The quantitative estimate of drug-likeness (QED) is 0.647. The zero-order valence-corrected chi connectivity index (χ0v) is 13.1. The molecule has 0 heterocycles. The van der Waals surface area contributed by atoms with Crippen molar-refractivity contribution >= 4 is 5.91 Å². The summed E-state index contributed by atoms with van der Waals surface area (Å²) in [4.78, 5) is 11.5. The first-order valence-corrected chi connectivity index (χ1v) is 7.39. The molecule has 21 heavy (non-hydrogen) atoms. The number of rotatable bonds is 10. The van der Waals surface area contributed by atoms with Gasteiger partial charge in [-0.25, -0.2) is 0 Å². The third kappa shape index (κ3) is 7.11. The van der Waals surface area contributed by atoms with Crippen molar-refractivity contribution in [2.45, 2.75) is 26.3 Å². The summed E-state index contributed by atoms with van der Waals surface area (Å²) >= 11 is 0. The van der Waals surface area contributed by atoms with Crippen LogP contribution in [-0.2, 0) is 9.53 Å². The maximum atomic E-state index is 11.5. The molecule has 1 aromatic carbocycles. The van der Waals surface area contributed by atoms with E-state index >= 15 is 0 Å². The van der Waals surface area contributed by atoms with E-state index in [1.807, 2.05) is 31.2 Å². The summed E-state index contributed by atoms with van der Waals surface area (Å²) in [6.45, 7) is 6.47. The molecule has 0 saturated carbocycles. The molecule has 5 nitrogen and oxygen atoms in total. The second-order valence-corrected chi connectivity index (χ2v) is 4.77. The molecule has 0 spiro atoms. The zero-order valence-electron chi connectivity index (χ0n) is 13.1. The predicted octanol–water partition coefficient (Wildman–Crippen LogP) is 1.89. The van der Waals surface area contributed by atoms with Crippen molar-refractivity contribution in [1.82, 2.24) is 10.6 Å². The zero-order chi connectivity index (χ0) is 15.5. The van der Waals surface area contributed by atoms with E-state index in [0.717, 1.165) is 5.75 Å². The highest BCUT2D eigenvalue weighted by Gasteiger charge is 2.06. The molecular weight excluding hydrogens is 268 g/mol. The van der Waals surface area contributed by atoms with Gasteiger partial charge in [-0.05, 0) is 31.5 Å². The van der Waals surface area contributed by atoms with Gasteiger partial charge in [0.15, 0.2) is 0 Å². The Morgan fingerprint density at radius 2 is 1.95 bits per heavy atom. The highest BCUT2D eigenvalue weighted by molar-refractivity contribution is 5.76. The van der Waals surface area contributed by atoms with E-state index in [9.17, 15) is 4.79 Å². The molecule has 0 bridgehead atoms. The molecule has 0 aliphatic heterocycles. The van der Waals surface area contributed by atoms with Crippen LogP contribution in [0, 0.1) is 0 Å². The summed E-state index contributed by atoms with van der Waals surface area (Å²) in [6.07, 6.45) is 0.463. The van der Waals surface area contributed by atoms with Crippen molar-refractivity contribution in [2.24, 2.45) is 0 Å². The number of amides is 1. The maximum absolute atomic E-state index is 11.5. The van der Waals surface area contributed by atoms with Crippen molar-refractivity contribution < 1.29 is 14.3 Å². The van der Waals surface area contributed by atoms with E-state index in [0.29, 0.717) is 32.7 Å². The van der Waals surface area contributed by atoms with Crippen LogP contribution in [0.3, 0.4) is 0 Å². The standard InChI is InChI=1S/C16H26N2O3/c1-4-21-15-7-5-14(6-8-15)13(2)17-10-9-16(19)18-11-12-20-3/h5-8,13,17H,4,9-12H2,1-3H3,(H,18,19). The van der Waals surface area contributed by atoms with Gasteiger partial charge >= 0.3 is 0 Å². The topological polar surface area (TPSA) is 59.6 Å². The first-order chi connectivity index (χ1) is 10.2. The molecule has 1 atom stereocenters. The number of hydrogen-bond acceptors (Lipinski definition) is 4. The van der Waals surface area contributed by atoms with Crippen molar-refractivity contribution in [2.75, 3.05) is 33.4 Å². The maximum Gasteiger partial charge on any atom is 0.221 e. The van der Waals surface area contributed by atoms with Gasteiger partial charge in [0.05, 0.1) is 13.2 Å². The second-order valence-electron chi connectivity index (χ2n) is 4.77. The Bertz CT molecular complexity index is 406. The van der Waals surface area contributed by atoms with Gasteiger partial charge in [0.2, 0.25) is 5.91 Å². The molecule has 0 saturated heterocycles. The third-order valence-electron chi connectivity index (χ3n) is 3.12. The van der Waals surface area contributed by atoms with Crippen LogP contribution < -0.4 is 15.4 Å². The Kier molecular flexibility index (Phi) is 8.47. The number of hydrogen-bond donors (Lipinski definition) is 2. The van der Waals surface area contributed by atoms with E-state index < -0.39 is 0 Å². The van der Waals surface area contributed by atoms with E-state index in [-0.39, 0.29) is 11.9 Å². The molecular formula is C16H26N2O3. The molecule has 2 N–H and O–H groups in total. The first-order valence-electron chi connectivity index (χ1n) is 7.39. The summed E-state index contributed by atoms with van der Waals surface area (Å²) in [7, 11) is 1.62. The van der Waals surface area contributed by atoms with Crippen molar-refractivity contribution in [3.63, 3.8) is 0 Å². The molecule has 0 aromatic heterocycles. The monoisotopic (exact) mass is 294 g/mol. The number of carbonyl (C=O) groups is 1. The van der Waals surface area contributed by atoms with Gasteiger partial charge < -0.3 is 20.1 Å². The van der Waals surface area contributed by atoms with E-state index in [1.54, 1.807) is 7.11 Å². The fourth-order valence-corrected chi connectivity index (χ4v) is 1.92. The molecule has 5 heteroatoms. The lowest BCUT2D eigenvalue weighted by atomic mass is 10.1. The minimum absolute atomic E-state index is 0.0402. The Labute approximate surface area is 127 Å². The molecule has 118 valence electrons. The van der Waals surface area contributed by atoms with E-state index in [1.165, 1.54) is 5.56 Å². The van der Waals surface area contributed by atoms with Crippen LogP contribution in [0.1, 0.15) is 31.9 Å². The molecule has 0 radical (unpaired) electrons. The highest BCUT2D eigenvalue weighted by Crippen LogP contribution is 2.17. The molecule has 1 amide bonds. The minimum atomic E-state index is 0.0402. The average molecular weight is 294 g/mol. The van der Waals surface area contributed by atoms with E-state index in [4.69, 9.17) is 9.47 Å². The number of carbonyl (C=O) groups excluding carboxylic acids is 1. The highest BCUT2D eigenvalue weighted by atomic mass is 16.5. The van der Waals surface area contributed by atoms with Crippen LogP contribution in [0.2, 0.25) is 0 Å². The smallest absolute Gasteiger partial charge is 0.221 e. The molecule has 1 unspecified atom stereocenters. The predicted molar refractivity (Wildman–Crippen MR) is 83.5 cm³/mol. The Balaban J connectivity index is 2.26. The Hall–Kier alpha value is -1.59. The SMILES string of the molecule is CCOc1ccc(C(C)NCCC(=O)NCCOC)cc1. The van der Waals surface area contributed by atoms with Crippen LogP contribution in [0.15, 0.2) is 24.3 Å². The van der Waals surface area contributed by atoms with Crippen LogP contribution >= 0.6 is 0 Å². The lowest BCUT2D eigenvalue weighted by molar-refractivity contribution is -0.121. The van der Waals surface area contributed by atoms with Gasteiger partial charge in [-0.1, -0.05) is 12.1 Å². The van der Waals surface area contributed by atoms with Crippen LogP contribution in [-0.4, -0.2) is 39.3 Å². The Morgan fingerprint density at radius 1 is 1.24 bits per heavy atom. The number of ether oxygens (including phenoxy) is 2. The molecule has 1 rings (SSSR count). The fourth-order valence-electron chi connectivity index (χ4n) is 1.92. The second kappa shape index (κ2) is 10.2. The minimum Gasteiger partial charge on any atom is -0.494 e. The summed E-state index contributed by atoms with van der Waals surface area (Å²) in [5, 5.41) is 6.14. The molecule has 0 aliphatic carbocycles. The first kappa shape index (κ1) is 17.5. The number of benzene rings is 1. The van der Waals surface area contributed by atoms with E-state index in [2.05, 4.69) is 17.6 Å². The number of methoxy groups -OCH3 is 1. The lowest BCUT2D eigenvalue weighted by Gasteiger charge is -2.14. The summed E-state index contributed by atoms with van der Waals surface area (Å²) in [6, 6.07) is 8.22. The summed E-state index contributed by atoms with van der Waals surface area (Å²) in [5.41, 5.74) is 1.18. The fraction of sp³-hybridized carbons (Fsp3) is 0.562. The Morgan fingerprint density at radius 3 is 2.57 bits per heavy atom. The normalized spacial score (nSPS) is 12.0. The molecule has 1 aromatic rings. The summed E-state index contributed by atoms with van der Waals surface area (Å²) in [5.74, 6) is 0.921. The van der Waals surface area contributed by atoms with Crippen molar-refractivity contribution in [3.05, 3.63) is 29.8 Å².